The topological polar surface area (TPSA) is 60.5 Å². The SMILES string of the molecule is CCC(C)(C)n1nnnc1[C@@H](c1ccccc1)[NH+]1CCN(c2ccccc2OC)CC1. The fourth-order valence-corrected chi connectivity index (χ4v) is 4.38. The lowest BCUT2D eigenvalue weighted by Crippen LogP contribution is -3.15. The van der Waals surface area contributed by atoms with Gasteiger partial charge in [0.2, 0.25) is 5.82 Å². The number of methoxy groups -OCH3 is 1. The number of ether oxygens (including phenoxy) is 1. The number of anilines is 1. The summed E-state index contributed by atoms with van der Waals surface area (Å²) in [6.07, 6.45) is 0.962. The van der Waals surface area contributed by atoms with Crippen LogP contribution in [0.4, 0.5) is 5.69 Å². The van der Waals surface area contributed by atoms with Crippen LogP contribution in [0.15, 0.2) is 54.6 Å². The lowest BCUT2D eigenvalue weighted by molar-refractivity contribution is -0.927. The summed E-state index contributed by atoms with van der Waals surface area (Å²) in [6, 6.07) is 19.0. The van der Waals surface area contributed by atoms with Crippen molar-refractivity contribution in [2.45, 2.75) is 38.8 Å². The van der Waals surface area contributed by atoms with Gasteiger partial charge in [-0.1, -0.05) is 49.4 Å². The molecule has 3 aromatic rings. The zero-order valence-corrected chi connectivity index (χ0v) is 19.0. The molecule has 2 aromatic carbocycles. The zero-order chi connectivity index (χ0) is 21.8. The maximum absolute atomic E-state index is 5.59. The van der Waals surface area contributed by atoms with Crippen LogP contribution in [-0.4, -0.2) is 53.5 Å². The molecule has 0 bridgehead atoms. The Morgan fingerprint density at radius 2 is 1.71 bits per heavy atom. The van der Waals surface area contributed by atoms with Crippen LogP contribution in [0.5, 0.6) is 5.75 Å². The lowest BCUT2D eigenvalue weighted by Gasteiger charge is -2.38. The minimum atomic E-state index is -0.134. The van der Waals surface area contributed by atoms with Gasteiger partial charge in [0, 0.05) is 5.56 Å². The van der Waals surface area contributed by atoms with Crippen molar-refractivity contribution in [1.29, 1.82) is 0 Å². The van der Waals surface area contributed by atoms with Crippen molar-refractivity contribution in [3.8, 4) is 5.75 Å². The summed E-state index contributed by atoms with van der Waals surface area (Å²) in [6.45, 7) is 10.5. The second-order valence-electron chi connectivity index (χ2n) is 8.78. The van der Waals surface area contributed by atoms with Crippen molar-refractivity contribution in [2.24, 2.45) is 0 Å². The van der Waals surface area contributed by atoms with Gasteiger partial charge in [0.1, 0.15) is 5.75 Å². The number of aromatic nitrogens is 4. The van der Waals surface area contributed by atoms with E-state index in [1.165, 1.54) is 10.5 Å². The Labute approximate surface area is 184 Å². The molecule has 1 saturated heterocycles. The van der Waals surface area contributed by atoms with Crippen LogP contribution in [0.25, 0.3) is 0 Å². The second-order valence-corrected chi connectivity index (χ2v) is 8.78. The van der Waals surface area contributed by atoms with E-state index in [0.29, 0.717) is 0 Å². The molecular formula is C24H33N6O+. The van der Waals surface area contributed by atoms with Gasteiger partial charge in [0.15, 0.2) is 6.04 Å². The average Bonchev–Trinajstić information content (AvgIpc) is 3.31. The van der Waals surface area contributed by atoms with E-state index in [-0.39, 0.29) is 11.6 Å². The molecule has 0 radical (unpaired) electrons. The molecule has 2 heterocycles. The molecule has 31 heavy (non-hydrogen) atoms. The summed E-state index contributed by atoms with van der Waals surface area (Å²) < 4.78 is 7.62. The summed E-state index contributed by atoms with van der Waals surface area (Å²) in [5.41, 5.74) is 2.29. The number of nitrogens with one attached hydrogen (secondary N) is 1. The minimum Gasteiger partial charge on any atom is -0.495 e. The Balaban J connectivity index is 1.63. The van der Waals surface area contributed by atoms with E-state index >= 15 is 0 Å². The molecule has 7 nitrogen and oxygen atoms in total. The molecule has 1 fully saturated rings. The monoisotopic (exact) mass is 421 g/mol. The summed E-state index contributed by atoms with van der Waals surface area (Å²) in [4.78, 5) is 3.91. The highest BCUT2D eigenvalue weighted by Crippen LogP contribution is 2.28. The molecule has 1 aliphatic heterocycles. The molecular weight excluding hydrogens is 388 g/mol. The van der Waals surface area contributed by atoms with Crippen molar-refractivity contribution in [1.82, 2.24) is 20.2 Å². The molecule has 0 unspecified atom stereocenters. The first kappa shape index (κ1) is 21.3. The third-order valence-electron chi connectivity index (χ3n) is 6.56. The van der Waals surface area contributed by atoms with E-state index < -0.39 is 0 Å². The van der Waals surface area contributed by atoms with E-state index in [0.717, 1.165) is 49.9 Å². The first-order chi connectivity index (χ1) is 15.0. The van der Waals surface area contributed by atoms with Gasteiger partial charge in [0.05, 0.1) is 44.5 Å². The highest BCUT2D eigenvalue weighted by atomic mass is 16.5. The maximum Gasteiger partial charge on any atom is 0.214 e. The average molecular weight is 422 g/mol. The highest BCUT2D eigenvalue weighted by Gasteiger charge is 2.37. The van der Waals surface area contributed by atoms with E-state index in [9.17, 15) is 0 Å². The van der Waals surface area contributed by atoms with Gasteiger partial charge in [0.25, 0.3) is 0 Å². The van der Waals surface area contributed by atoms with Crippen molar-refractivity contribution in [2.75, 3.05) is 38.2 Å². The Hall–Kier alpha value is -2.93. The van der Waals surface area contributed by atoms with E-state index in [2.05, 4.69) is 83.7 Å². The molecule has 1 aromatic heterocycles. The molecule has 4 rings (SSSR count). The third kappa shape index (κ3) is 4.28. The van der Waals surface area contributed by atoms with Gasteiger partial charge in [-0.3, -0.25) is 0 Å². The first-order valence-corrected chi connectivity index (χ1v) is 11.1. The Morgan fingerprint density at radius 3 is 2.39 bits per heavy atom. The predicted molar refractivity (Wildman–Crippen MR) is 122 cm³/mol. The summed E-state index contributed by atoms with van der Waals surface area (Å²) >= 11 is 0. The zero-order valence-electron chi connectivity index (χ0n) is 19.0. The Kier molecular flexibility index (Phi) is 6.23. The fourth-order valence-electron chi connectivity index (χ4n) is 4.38. The van der Waals surface area contributed by atoms with Crippen molar-refractivity contribution < 1.29 is 9.64 Å². The largest absolute Gasteiger partial charge is 0.495 e. The molecule has 0 amide bonds. The number of quaternary nitrogens is 1. The fraction of sp³-hybridized carbons (Fsp3) is 0.458. The quantitative estimate of drug-likeness (QED) is 0.635. The number of rotatable bonds is 7. The van der Waals surface area contributed by atoms with E-state index in [1.807, 2.05) is 16.8 Å². The predicted octanol–water partition coefficient (Wildman–Crippen LogP) is 2.32. The van der Waals surface area contributed by atoms with Crippen molar-refractivity contribution in [3.63, 3.8) is 0 Å². The Morgan fingerprint density at radius 1 is 1.03 bits per heavy atom. The van der Waals surface area contributed by atoms with Crippen LogP contribution in [0.1, 0.15) is 44.6 Å². The molecule has 1 aliphatic rings. The summed E-state index contributed by atoms with van der Waals surface area (Å²) in [5.74, 6) is 1.87. The highest BCUT2D eigenvalue weighted by molar-refractivity contribution is 5.58. The lowest BCUT2D eigenvalue weighted by atomic mass is 9.99. The molecule has 164 valence electrons. The van der Waals surface area contributed by atoms with Gasteiger partial charge >= 0.3 is 0 Å². The maximum atomic E-state index is 5.59. The Bertz CT molecular complexity index is 978. The van der Waals surface area contributed by atoms with Gasteiger partial charge < -0.3 is 14.5 Å². The van der Waals surface area contributed by atoms with Crippen LogP contribution >= 0.6 is 0 Å². The van der Waals surface area contributed by atoms with Crippen molar-refractivity contribution >= 4 is 5.69 Å². The second kappa shape index (κ2) is 9.06. The molecule has 0 aliphatic carbocycles. The number of nitrogens with zero attached hydrogens (tertiary/aromatic N) is 5. The number of hydrogen-bond donors (Lipinski definition) is 1. The molecule has 1 atom stereocenters. The van der Waals surface area contributed by atoms with Gasteiger partial charge in [-0.2, -0.15) is 0 Å². The first-order valence-electron chi connectivity index (χ1n) is 11.1. The van der Waals surface area contributed by atoms with Crippen LogP contribution in [0, 0.1) is 0 Å². The van der Waals surface area contributed by atoms with Crippen LogP contribution in [0.3, 0.4) is 0 Å². The number of benzene rings is 2. The van der Waals surface area contributed by atoms with Gasteiger partial charge in [-0.05, 0) is 42.8 Å². The molecule has 1 N–H and O–H groups in total. The minimum absolute atomic E-state index is 0.0989. The standard InChI is InChI=1S/C24H32N6O/c1-5-24(2,3)30-23(25-26-27-30)22(19-11-7-6-8-12-19)29-17-15-28(16-18-29)20-13-9-10-14-21(20)31-4/h6-14,22H,5,15-18H2,1-4H3/p+1/t22-/m1/s1. The third-order valence-corrected chi connectivity index (χ3v) is 6.56. The number of tetrazole rings is 1. The van der Waals surface area contributed by atoms with E-state index in [4.69, 9.17) is 4.74 Å². The molecule has 7 heteroatoms. The van der Waals surface area contributed by atoms with Crippen LogP contribution in [-0.2, 0) is 5.54 Å². The summed E-state index contributed by atoms with van der Waals surface area (Å²) in [7, 11) is 1.74. The number of hydrogen-bond acceptors (Lipinski definition) is 5. The van der Waals surface area contributed by atoms with Gasteiger partial charge in [-0.25, -0.2) is 4.68 Å². The van der Waals surface area contributed by atoms with Gasteiger partial charge in [-0.15, -0.1) is 5.10 Å². The number of para-hydroxylation sites is 2. The molecule has 0 saturated carbocycles. The van der Waals surface area contributed by atoms with Crippen molar-refractivity contribution in [3.05, 3.63) is 66.0 Å². The molecule has 0 spiro atoms. The normalized spacial score (nSPS) is 16.3. The van der Waals surface area contributed by atoms with Crippen LogP contribution < -0.4 is 14.5 Å². The number of piperazine rings is 1. The van der Waals surface area contributed by atoms with E-state index in [1.54, 1.807) is 7.11 Å². The summed E-state index contributed by atoms with van der Waals surface area (Å²) in [5, 5.41) is 13.0. The smallest absolute Gasteiger partial charge is 0.214 e. The van der Waals surface area contributed by atoms with Crippen LogP contribution in [0.2, 0.25) is 0 Å².